The first-order chi connectivity index (χ1) is 12.6. The Balaban J connectivity index is 1.48. The first kappa shape index (κ1) is 16.4. The second-order valence-corrected chi connectivity index (χ2v) is 7.06. The molecule has 0 saturated carbocycles. The number of benzene rings is 2. The molecular weight excluding hydrogens is 344 g/mol. The van der Waals surface area contributed by atoms with E-state index in [-0.39, 0.29) is 5.91 Å². The summed E-state index contributed by atoms with van der Waals surface area (Å²) < 4.78 is 2.01. The molecule has 0 atom stereocenters. The molecule has 0 bridgehead atoms. The van der Waals surface area contributed by atoms with Crippen LogP contribution < -0.4 is 10.2 Å². The number of fused-ring (bicyclic) bond motifs is 1. The molecule has 0 unspecified atom stereocenters. The second-order valence-electron chi connectivity index (χ2n) is 6.19. The Hall–Kier alpha value is -3.12. The number of aromatic nitrogens is 2. The average Bonchev–Trinajstić information content (AvgIpc) is 3.24. The van der Waals surface area contributed by atoms with Crippen molar-refractivity contribution in [2.24, 2.45) is 0 Å². The van der Waals surface area contributed by atoms with Crippen molar-refractivity contribution in [3.63, 3.8) is 0 Å². The number of imidazole rings is 1. The first-order valence-corrected chi connectivity index (χ1v) is 9.09. The second kappa shape index (κ2) is 6.65. The fourth-order valence-corrected chi connectivity index (χ4v) is 3.41. The molecule has 0 aliphatic carbocycles. The molecule has 0 fully saturated rings. The van der Waals surface area contributed by atoms with Gasteiger partial charge in [0, 0.05) is 54.4 Å². The van der Waals surface area contributed by atoms with Crippen LogP contribution in [0.4, 0.5) is 11.4 Å². The van der Waals surface area contributed by atoms with E-state index in [0.717, 1.165) is 27.6 Å². The fourth-order valence-electron chi connectivity index (χ4n) is 2.71. The lowest BCUT2D eigenvalue weighted by molar-refractivity contribution is 0.102. The Morgan fingerprint density at radius 1 is 1.08 bits per heavy atom. The molecule has 5 nitrogen and oxygen atoms in total. The number of carbonyl (C=O) groups is 1. The van der Waals surface area contributed by atoms with E-state index in [9.17, 15) is 4.79 Å². The van der Waals surface area contributed by atoms with Crippen molar-refractivity contribution >= 4 is 33.6 Å². The van der Waals surface area contributed by atoms with Gasteiger partial charge in [-0.15, -0.1) is 11.3 Å². The third-order valence-electron chi connectivity index (χ3n) is 4.18. The molecule has 0 aliphatic rings. The molecule has 0 saturated heterocycles. The summed E-state index contributed by atoms with van der Waals surface area (Å²) in [4.78, 5) is 20.0. The standard InChI is InChI=1S/C20H18N4OS/c1-23(2)17-9-5-15(6-10-17)19(25)21-16-7-3-14(4-8-16)18-13-24-11-12-26-20(24)22-18/h3-13H,1-2H3,(H,21,25). The predicted octanol–water partition coefficient (Wildman–Crippen LogP) is 4.38. The maximum atomic E-state index is 12.4. The third kappa shape index (κ3) is 3.19. The van der Waals surface area contributed by atoms with Crippen molar-refractivity contribution in [2.45, 2.75) is 0 Å². The van der Waals surface area contributed by atoms with Crippen LogP contribution in [0.15, 0.2) is 66.3 Å². The topological polar surface area (TPSA) is 49.6 Å². The van der Waals surface area contributed by atoms with Crippen molar-refractivity contribution in [2.75, 3.05) is 24.3 Å². The van der Waals surface area contributed by atoms with E-state index in [1.54, 1.807) is 11.3 Å². The maximum absolute atomic E-state index is 12.4. The van der Waals surface area contributed by atoms with Gasteiger partial charge in [0.1, 0.15) is 0 Å². The minimum atomic E-state index is -0.120. The van der Waals surface area contributed by atoms with Crippen LogP contribution in [0.1, 0.15) is 10.4 Å². The van der Waals surface area contributed by atoms with Gasteiger partial charge in [0.25, 0.3) is 5.91 Å². The SMILES string of the molecule is CN(C)c1ccc(C(=O)Nc2ccc(-c3cn4ccsc4n3)cc2)cc1. The van der Waals surface area contributed by atoms with E-state index in [0.29, 0.717) is 5.56 Å². The van der Waals surface area contributed by atoms with Crippen LogP contribution in [-0.4, -0.2) is 29.4 Å². The number of nitrogens with zero attached hydrogens (tertiary/aromatic N) is 3. The van der Waals surface area contributed by atoms with Gasteiger partial charge in [0.2, 0.25) is 0 Å². The highest BCUT2D eigenvalue weighted by Crippen LogP contribution is 2.23. The number of hydrogen-bond donors (Lipinski definition) is 1. The van der Waals surface area contributed by atoms with Gasteiger partial charge < -0.3 is 10.2 Å². The van der Waals surface area contributed by atoms with E-state index < -0.39 is 0 Å². The highest BCUT2D eigenvalue weighted by atomic mass is 32.1. The number of thiazole rings is 1. The molecule has 1 amide bonds. The highest BCUT2D eigenvalue weighted by Gasteiger charge is 2.08. The quantitative estimate of drug-likeness (QED) is 0.586. The van der Waals surface area contributed by atoms with Gasteiger partial charge in [-0.3, -0.25) is 9.20 Å². The van der Waals surface area contributed by atoms with Gasteiger partial charge in [-0.1, -0.05) is 12.1 Å². The van der Waals surface area contributed by atoms with Gasteiger partial charge in [0.05, 0.1) is 5.69 Å². The van der Waals surface area contributed by atoms with Crippen LogP contribution in [0.5, 0.6) is 0 Å². The lowest BCUT2D eigenvalue weighted by atomic mass is 10.1. The molecule has 26 heavy (non-hydrogen) atoms. The number of rotatable bonds is 4. The van der Waals surface area contributed by atoms with Crippen LogP contribution in [-0.2, 0) is 0 Å². The Morgan fingerprint density at radius 2 is 1.81 bits per heavy atom. The Morgan fingerprint density at radius 3 is 2.46 bits per heavy atom. The predicted molar refractivity (Wildman–Crippen MR) is 107 cm³/mol. The Bertz CT molecular complexity index is 1020. The van der Waals surface area contributed by atoms with E-state index in [1.165, 1.54) is 0 Å². The minimum Gasteiger partial charge on any atom is -0.378 e. The normalized spacial score (nSPS) is 10.8. The van der Waals surface area contributed by atoms with Gasteiger partial charge in [0.15, 0.2) is 4.96 Å². The number of hydrogen-bond acceptors (Lipinski definition) is 4. The lowest BCUT2D eigenvalue weighted by Crippen LogP contribution is -2.13. The number of carbonyl (C=O) groups excluding carboxylic acids is 1. The molecular formula is C20H18N4OS. The molecule has 4 rings (SSSR count). The molecule has 1 N–H and O–H groups in total. The Labute approximate surface area is 155 Å². The van der Waals surface area contributed by atoms with E-state index in [4.69, 9.17) is 0 Å². The van der Waals surface area contributed by atoms with E-state index >= 15 is 0 Å². The smallest absolute Gasteiger partial charge is 0.255 e. The maximum Gasteiger partial charge on any atom is 0.255 e. The van der Waals surface area contributed by atoms with Crippen molar-refractivity contribution in [1.82, 2.24) is 9.38 Å². The number of amides is 1. The molecule has 0 radical (unpaired) electrons. The van der Waals surface area contributed by atoms with Gasteiger partial charge >= 0.3 is 0 Å². The molecule has 2 aromatic heterocycles. The summed E-state index contributed by atoms with van der Waals surface area (Å²) >= 11 is 1.61. The van der Waals surface area contributed by atoms with Crippen LogP contribution in [0.3, 0.4) is 0 Å². The summed E-state index contributed by atoms with van der Waals surface area (Å²) in [5.74, 6) is -0.120. The summed E-state index contributed by atoms with van der Waals surface area (Å²) in [7, 11) is 3.95. The molecule has 0 spiro atoms. The zero-order valence-corrected chi connectivity index (χ0v) is 15.3. The van der Waals surface area contributed by atoms with Crippen LogP contribution >= 0.6 is 11.3 Å². The van der Waals surface area contributed by atoms with Crippen LogP contribution in [0.2, 0.25) is 0 Å². The van der Waals surface area contributed by atoms with Crippen molar-refractivity contribution in [3.05, 3.63) is 71.9 Å². The summed E-state index contributed by atoms with van der Waals surface area (Å²) in [6, 6.07) is 15.3. The Kier molecular flexibility index (Phi) is 4.18. The molecule has 2 aromatic carbocycles. The molecule has 2 heterocycles. The summed E-state index contributed by atoms with van der Waals surface area (Å²) in [5.41, 5.74) is 4.40. The molecule has 6 heteroatoms. The summed E-state index contributed by atoms with van der Waals surface area (Å²) in [5, 5.41) is 4.94. The van der Waals surface area contributed by atoms with E-state index in [2.05, 4.69) is 10.3 Å². The number of anilines is 2. The highest BCUT2D eigenvalue weighted by molar-refractivity contribution is 7.15. The van der Waals surface area contributed by atoms with Gasteiger partial charge in [-0.2, -0.15) is 0 Å². The average molecular weight is 362 g/mol. The van der Waals surface area contributed by atoms with Crippen molar-refractivity contribution < 1.29 is 4.79 Å². The van der Waals surface area contributed by atoms with Crippen LogP contribution in [0, 0.1) is 0 Å². The van der Waals surface area contributed by atoms with Gasteiger partial charge in [-0.25, -0.2) is 4.98 Å². The lowest BCUT2D eigenvalue weighted by Gasteiger charge is -2.12. The zero-order chi connectivity index (χ0) is 18.1. The monoisotopic (exact) mass is 362 g/mol. The van der Waals surface area contributed by atoms with Crippen LogP contribution in [0.25, 0.3) is 16.2 Å². The van der Waals surface area contributed by atoms with Crippen molar-refractivity contribution in [3.8, 4) is 11.3 Å². The van der Waals surface area contributed by atoms with E-state index in [1.807, 2.05) is 89.7 Å². The summed E-state index contributed by atoms with van der Waals surface area (Å²) in [6.07, 6.45) is 4.00. The van der Waals surface area contributed by atoms with Gasteiger partial charge in [-0.05, 0) is 36.4 Å². The van der Waals surface area contributed by atoms with Crippen molar-refractivity contribution in [1.29, 1.82) is 0 Å². The molecule has 0 aliphatic heterocycles. The first-order valence-electron chi connectivity index (χ1n) is 8.21. The minimum absolute atomic E-state index is 0.120. The molecule has 130 valence electrons. The zero-order valence-electron chi connectivity index (χ0n) is 14.5. The largest absolute Gasteiger partial charge is 0.378 e. The third-order valence-corrected chi connectivity index (χ3v) is 4.95. The molecule has 4 aromatic rings. The number of nitrogens with one attached hydrogen (secondary N) is 1. The fraction of sp³-hybridized carbons (Fsp3) is 0.100. The summed E-state index contributed by atoms with van der Waals surface area (Å²) in [6.45, 7) is 0.